The smallest absolute Gasteiger partial charge is 0.186 e. The standard InChI is InChI=1S/C21H18N4S/c1-2-6-16-11-14(9-10-15(16)5-1)12-24-25-20-19-17-7-3-4-8-18(17)26-21(19)23-13-22-20/h1-2,5-6,9-11,13H,3-4,7-8,12H2. The van der Waals surface area contributed by atoms with Gasteiger partial charge in [-0.1, -0.05) is 36.4 Å². The van der Waals surface area contributed by atoms with E-state index in [0.29, 0.717) is 6.54 Å². The van der Waals surface area contributed by atoms with Gasteiger partial charge in [-0.25, -0.2) is 9.97 Å². The Morgan fingerprint density at radius 3 is 2.81 bits per heavy atom. The molecule has 0 fully saturated rings. The van der Waals surface area contributed by atoms with Crippen LogP contribution < -0.4 is 0 Å². The van der Waals surface area contributed by atoms with Crippen molar-refractivity contribution in [3.8, 4) is 0 Å². The third-order valence-corrected chi connectivity index (χ3v) is 6.16. The van der Waals surface area contributed by atoms with E-state index in [9.17, 15) is 0 Å². The lowest BCUT2D eigenvalue weighted by Gasteiger charge is -2.10. The summed E-state index contributed by atoms with van der Waals surface area (Å²) >= 11 is 1.79. The zero-order chi connectivity index (χ0) is 17.3. The molecular weight excluding hydrogens is 340 g/mol. The first-order valence-electron chi connectivity index (χ1n) is 8.99. The Morgan fingerprint density at radius 2 is 1.85 bits per heavy atom. The molecule has 0 spiro atoms. The lowest BCUT2D eigenvalue weighted by Crippen LogP contribution is -1.98. The molecule has 0 aliphatic heterocycles. The second kappa shape index (κ2) is 6.57. The summed E-state index contributed by atoms with van der Waals surface area (Å²) in [5.41, 5.74) is 2.56. The molecule has 128 valence electrons. The van der Waals surface area contributed by atoms with E-state index in [-0.39, 0.29) is 0 Å². The summed E-state index contributed by atoms with van der Waals surface area (Å²) < 4.78 is 0. The van der Waals surface area contributed by atoms with Crippen LogP contribution in [0.4, 0.5) is 5.82 Å². The SMILES string of the molecule is c1ccc2cc(CN=Nc3ncnc4sc5c(c34)CCCC5)ccc2c1. The fraction of sp³-hybridized carbons (Fsp3) is 0.238. The number of thiophene rings is 1. The van der Waals surface area contributed by atoms with Crippen LogP contribution in [-0.2, 0) is 19.4 Å². The highest BCUT2D eigenvalue weighted by molar-refractivity contribution is 7.18. The van der Waals surface area contributed by atoms with E-state index in [1.54, 1.807) is 17.7 Å². The summed E-state index contributed by atoms with van der Waals surface area (Å²) in [5.74, 6) is 0.718. The molecule has 1 aliphatic rings. The normalized spacial score (nSPS) is 14.3. The van der Waals surface area contributed by atoms with Crippen LogP contribution in [0.25, 0.3) is 21.0 Å². The van der Waals surface area contributed by atoms with Crippen LogP contribution in [0, 0.1) is 0 Å². The van der Waals surface area contributed by atoms with E-state index in [1.807, 2.05) is 0 Å². The Kier molecular flexibility index (Phi) is 3.94. The first-order chi connectivity index (χ1) is 12.9. The van der Waals surface area contributed by atoms with Gasteiger partial charge in [-0.3, -0.25) is 0 Å². The molecule has 4 aromatic rings. The lowest BCUT2D eigenvalue weighted by molar-refractivity contribution is 0.700. The van der Waals surface area contributed by atoms with Crippen LogP contribution >= 0.6 is 11.3 Å². The predicted molar refractivity (Wildman–Crippen MR) is 106 cm³/mol. The molecule has 2 aromatic heterocycles. The number of hydrogen-bond donors (Lipinski definition) is 0. The Morgan fingerprint density at radius 1 is 0.962 bits per heavy atom. The average Bonchev–Trinajstić information content (AvgIpc) is 3.07. The van der Waals surface area contributed by atoms with Crippen LogP contribution in [0.15, 0.2) is 59.0 Å². The van der Waals surface area contributed by atoms with Crippen molar-refractivity contribution in [2.75, 3.05) is 0 Å². The van der Waals surface area contributed by atoms with Gasteiger partial charge in [0.1, 0.15) is 11.2 Å². The summed E-state index contributed by atoms with van der Waals surface area (Å²) in [6.07, 6.45) is 6.38. The molecule has 2 heterocycles. The summed E-state index contributed by atoms with van der Waals surface area (Å²) in [6.45, 7) is 0.558. The maximum atomic E-state index is 4.47. The summed E-state index contributed by atoms with van der Waals surface area (Å²) in [5, 5.41) is 12.5. The van der Waals surface area contributed by atoms with Gasteiger partial charge in [0.2, 0.25) is 0 Å². The third kappa shape index (κ3) is 2.78. The average molecular weight is 358 g/mol. The highest BCUT2D eigenvalue weighted by Gasteiger charge is 2.19. The van der Waals surface area contributed by atoms with E-state index >= 15 is 0 Å². The monoisotopic (exact) mass is 358 g/mol. The zero-order valence-electron chi connectivity index (χ0n) is 14.4. The Labute approximate surface area is 155 Å². The van der Waals surface area contributed by atoms with Crippen molar-refractivity contribution in [2.45, 2.75) is 32.2 Å². The minimum absolute atomic E-state index is 0.558. The second-order valence-corrected chi connectivity index (χ2v) is 7.75. The molecule has 26 heavy (non-hydrogen) atoms. The third-order valence-electron chi connectivity index (χ3n) is 4.96. The fourth-order valence-corrected chi connectivity index (χ4v) is 4.89. The number of nitrogens with zero attached hydrogens (tertiary/aromatic N) is 4. The molecule has 2 aromatic carbocycles. The van der Waals surface area contributed by atoms with Gasteiger partial charge in [0.05, 0.1) is 11.9 Å². The summed E-state index contributed by atoms with van der Waals surface area (Å²) in [7, 11) is 0. The van der Waals surface area contributed by atoms with E-state index in [4.69, 9.17) is 0 Å². The second-order valence-electron chi connectivity index (χ2n) is 6.67. The zero-order valence-corrected chi connectivity index (χ0v) is 15.2. The van der Waals surface area contributed by atoms with Gasteiger partial charge in [-0.05, 0) is 53.6 Å². The molecule has 0 radical (unpaired) electrons. The Bertz CT molecular complexity index is 1130. The van der Waals surface area contributed by atoms with E-state index in [1.165, 1.54) is 34.1 Å². The summed E-state index contributed by atoms with van der Waals surface area (Å²) in [4.78, 5) is 11.4. The molecule has 1 aliphatic carbocycles. The number of aromatic nitrogens is 2. The number of fused-ring (bicyclic) bond motifs is 4. The molecule has 0 saturated heterocycles. The van der Waals surface area contributed by atoms with Crippen LogP contribution in [0.5, 0.6) is 0 Å². The molecule has 0 amide bonds. The first kappa shape index (κ1) is 15.6. The number of rotatable bonds is 3. The molecule has 0 saturated carbocycles. The highest BCUT2D eigenvalue weighted by atomic mass is 32.1. The van der Waals surface area contributed by atoms with Crippen molar-refractivity contribution < 1.29 is 0 Å². The van der Waals surface area contributed by atoms with Gasteiger partial charge in [0.15, 0.2) is 5.82 Å². The van der Waals surface area contributed by atoms with Gasteiger partial charge >= 0.3 is 0 Å². The quantitative estimate of drug-likeness (QED) is 0.421. The number of hydrogen-bond acceptors (Lipinski definition) is 5. The maximum absolute atomic E-state index is 4.47. The van der Waals surface area contributed by atoms with Crippen LogP contribution in [0.2, 0.25) is 0 Å². The fourth-order valence-electron chi connectivity index (χ4n) is 3.67. The first-order valence-corrected chi connectivity index (χ1v) is 9.80. The molecule has 5 rings (SSSR count). The predicted octanol–water partition coefficient (Wildman–Crippen LogP) is 6.01. The molecule has 0 N–H and O–H groups in total. The minimum Gasteiger partial charge on any atom is -0.225 e. The molecule has 0 bridgehead atoms. The Balaban J connectivity index is 1.46. The number of aryl methyl sites for hydroxylation is 2. The van der Waals surface area contributed by atoms with E-state index in [0.717, 1.165) is 34.4 Å². The largest absolute Gasteiger partial charge is 0.225 e. The van der Waals surface area contributed by atoms with Crippen molar-refractivity contribution in [2.24, 2.45) is 10.2 Å². The number of azo groups is 1. The molecular formula is C21H18N4S. The van der Waals surface area contributed by atoms with Gasteiger partial charge < -0.3 is 0 Å². The van der Waals surface area contributed by atoms with E-state index < -0.39 is 0 Å². The van der Waals surface area contributed by atoms with Crippen LogP contribution in [0.1, 0.15) is 28.8 Å². The van der Waals surface area contributed by atoms with Crippen molar-refractivity contribution in [3.05, 3.63) is 64.8 Å². The molecule has 5 heteroatoms. The lowest BCUT2D eigenvalue weighted by atomic mass is 9.97. The van der Waals surface area contributed by atoms with Crippen molar-refractivity contribution >= 4 is 38.1 Å². The minimum atomic E-state index is 0.558. The molecule has 0 unspecified atom stereocenters. The van der Waals surface area contributed by atoms with E-state index in [2.05, 4.69) is 62.7 Å². The van der Waals surface area contributed by atoms with Crippen molar-refractivity contribution in [1.29, 1.82) is 0 Å². The molecule has 4 nitrogen and oxygen atoms in total. The summed E-state index contributed by atoms with van der Waals surface area (Å²) in [6, 6.07) is 14.8. The van der Waals surface area contributed by atoms with Gasteiger partial charge in [-0.2, -0.15) is 5.11 Å². The molecule has 0 atom stereocenters. The van der Waals surface area contributed by atoms with Gasteiger partial charge in [0, 0.05) is 4.88 Å². The van der Waals surface area contributed by atoms with Gasteiger partial charge in [-0.15, -0.1) is 16.5 Å². The van der Waals surface area contributed by atoms with Crippen LogP contribution in [-0.4, -0.2) is 9.97 Å². The topological polar surface area (TPSA) is 50.5 Å². The Hall–Kier alpha value is -2.66. The number of benzene rings is 2. The van der Waals surface area contributed by atoms with Crippen molar-refractivity contribution in [1.82, 2.24) is 9.97 Å². The van der Waals surface area contributed by atoms with Gasteiger partial charge in [0.25, 0.3) is 0 Å². The maximum Gasteiger partial charge on any atom is 0.186 e. The van der Waals surface area contributed by atoms with Crippen LogP contribution in [0.3, 0.4) is 0 Å². The highest BCUT2D eigenvalue weighted by Crippen LogP contribution is 2.39. The van der Waals surface area contributed by atoms with Crippen molar-refractivity contribution in [3.63, 3.8) is 0 Å².